The molecule has 0 aliphatic heterocycles. The van der Waals surface area contributed by atoms with Crippen molar-refractivity contribution in [2.24, 2.45) is 0 Å². The molecule has 5 heavy (non-hydrogen) atoms. The average molecular weight is 137 g/mol. The van der Waals surface area contributed by atoms with Crippen molar-refractivity contribution in [3.63, 3.8) is 0 Å². The van der Waals surface area contributed by atoms with Gasteiger partial charge in [-0.15, -0.1) is 0 Å². The average Bonchev–Trinajstić information content (AvgIpc) is 0.811. The van der Waals surface area contributed by atoms with Crippen molar-refractivity contribution in [3.05, 3.63) is 0 Å². The molecule has 0 amide bonds. The summed E-state index contributed by atoms with van der Waals surface area (Å²) in [6.07, 6.45) is 0. The van der Waals surface area contributed by atoms with Gasteiger partial charge < -0.3 is 0 Å². The molecule has 0 spiro atoms. The van der Waals surface area contributed by atoms with E-state index in [-0.39, 0.29) is 29.6 Å². The third-order valence-corrected chi connectivity index (χ3v) is 0. The molecule has 0 saturated carbocycles. The van der Waals surface area contributed by atoms with E-state index in [0.29, 0.717) is 0 Å². The fourth-order valence-corrected chi connectivity index (χ4v) is 0. The van der Waals surface area contributed by atoms with E-state index in [4.69, 9.17) is 0 Å². The van der Waals surface area contributed by atoms with Crippen LogP contribution in [-0.4, -0.2) is 29.6 Å². The summed E-state index contributed by atoms with van der Waals surface area (Å²) in [6, 6.07) is 0. The minimum absolute atomic E-state index is 0. The Hall–Kier alpha value is 1.31. The molecule has 0 saturated heterocycles. The SMILES string of the molecule is [F][Fe]([F])[F].[NaH]. The number of hydrogen-bond donors (Lipinski definition) is 0. The summed E-state index contributed by atoms with van der Waals surface area (Å²) < 4.78 is 29.2. The fourth-order valence-electron chi connectivity index (χ4n) is 0. The van der Waals surface area contributed by atoms with E-state index in [0.717, 1.165) is 0 Å². The van der Waals surface area contributed by atoms with Crippen LogP contribution >= 0.6 is 0 Å². The summed E-state index contributed by atoms with van der Waals surface area (Å²) in [5.74, 6) is 0. The molecule has 0 aromatic rings. The van der Waals surface area contributed by atoms with E-state index in [9.17, 15) is 10.7 Å². The molecule has 0 heterocycles. The first kappa shape index (κ1) is 9.58. The fraction of sp³-hybridized carbons (Fsp3) is 0. The van der Waals surface area contributed by atoms with Gasteiger partial charge in [-0.2, -0.15) is 0 Å². The van der Waals surface area contributed by atoms with Crippen molar-refractivity contribution in [2.45, 2.75) is 0 Å². The first-order chi connectivity index (χ1) is 1.73. The van der Waals surface area contributed by atoms with Crippen LogP contribution in [0.2, 0.25) is 0 Å². The van der Waals surface area contributed by atoms with Crippen LogP contribution in [0.15, 0.2) is 0 Å². The van der Waals surface area contributed by atoms with Gasteiger partial charge in [-0.3, -0.25) is 0 Å². The monoisotopic (exact) mass is 137 g/mol. The van der Waals surface area contributed by atoms with Crippen LogP contribution in [0.25, 0.3) is 0 Å². The second kappa shape index (κ2) is 5.31. The van der Waals surface area contributed by atoms with Gasteiger partial charge in [0.2, 0.25) is 0 Å². The molecule has 0 aliphatic rings. The molecule has 0 aromatic heterocycles. The second-order valence-electron chi connectivity index (χ2n) is 0.152. The molecule has 0 fully saturated rings. The van der Waals surface area contributed by atoms with E-state index in [1.54, 1.807) is 0 Å². The van der Waals surface area contributed by atoms with Gasteiger partial charge in [-0.05, 0) is 0 Å². The number of hydrogen-bond acceptors (Lipinski definition) is 0. The van der Waals surface area contributed by atoms with Crippen molar-refractivity contribution >= 4 is 29.6 Å². The molecular weight excluding hydrogens is 136 g/mol. The van der Waals surface area contributed by atoms with E-state index in [1.165, 1.54) is 0 Å². The molecule has 5 heteroatoms. The molecular formula is HF3FeNa. The summed E-state index contributed by atoms with van der Waals surface area (Å²) in [6.45, 7) is 0. The van der Waals surface area contributed by atoms with Crippen LogP contribution in [0.3, 0.4) is 0 Å². The molecule has 0 aromatic carbocycles. The van der Waals surface area contributed by atoms with Crippen molar-refractivity contribution in [1.29, 1.82) is 0 Å². The first-order valence-corrected chi connectivity index (χ1v) is 1.65. The zero-order valence-electron chi connectivity index (χ0n) is 1.49. The van der Waals surface area contributed by atoms with E-state index >= 15 is 0 Å². The van der Waals surface area contributed by atoms with Crippen LogP contribution in [0, 0.1) is 0 Å². The van der Waals surface area contributed by atoms with E-state index in [1.807, 2.05) is 0 Å². The van der Waals surface area contributed by atoms with Crippen LogP contribution in [0.1, 0.15) is 0 Å². The van der Waals surface area contributed by atoms with E-state index in [2.05, 4.69) is 0 Å². The zero-order chi connectivity index (χ0) is 3.58. The molecule has 31 valence electrons. The summed E-state index contributed by atoms with van der Waals surface area (Å²) in [5.41, 5.74) is 0. The normalized spacial score (nSPS) is 9.00. The van der Waals surface area contributed by atoms with Crippen LogP contribution in [0.5, 0.6) is 0 Å². The maximum absolute atomic E-state index is 9.75. The standard InChI is InChI=1S/3FH.Fe.Na.H/h3*1H;;;/q;;;+3;;/p-3. The van der Waals surface area contributed by atoms with Gasteiger partial charge in [0.1, 0.15) is 0 Å². The Morgan fingerprint density at radius 1 is 1.00 bits per heavy atom. The third-order valence-electron chi connectivity index (χ3n) is 0. The summed E-state index contributed by atoms with van der Waals surface area (Å²) in [7, 11) is 0. The maximum atomic E-state index is 9.75. The van der Waals surface area contributed by atoms with Crippen molar-refractivity contribution < 1.29 is 25.9 Å². The van der Waals surface area contributed by atoms with Gasteiger partial charge in [0.15, 0.2) is 0 Å². The van der Waals surface area contributed by atoms with Gasteiger partial charge in [0.05, 0.1) is 0 Å². The van der Waals surface area contributed by atoms with Crippen LogP contribution in [0.4, 0.5) is 10.7 Å². The molecule has 0 unspecified atom stereocenters. The second-order valence-corrected chi connectivity index (χ2v) is 0.625. The molecule has 0 nitrogen and oxygen atoms in total. The predicted molar refractivity (Wildman–Crippen MR) is 10.5 cm³/mol. The minimum atomic E-state index is -4.25. The van der Waals surface area contributed by atoms with Crippen molar-refractivity contribution in [3.8, 4) is 0 Å². The topological polar surface area (TPSA) is 0 Å². The quantitative estimate of drug-likeness (QED) is 0.429. The van der Waals surface area contributed by atoms with Gasteiger partial charge >= 0.3 is 55.5 Å². The van der Waals surface area contributed by atoms with Crippen molar-refractivity contribution in [1.82, 2.24) is 0 Å². The summed E-state index contributed by atoms with van der Waals surface area (Å²) >= 11 is -4.25. The number of rotatable bonds is 0. The molecule has 0 atom stereocenters. The van der Waals surface area contributed by atoms with Crippen LogP contribution in [-0.2, 0) is 15.3 Å². The molecule has 0 radical (unpaired) electrons. The Morgan fingerprint density at radius 2 is 1.00 bits per heavy atom. The van der Waals surface area contributed by atoms with Gasteiger partial charge in [0.25, 0.3) is 0 Å². The van der Waals surface area contributed by atoms with Gasteiger partial charge in [0, 0.05) is 0 Å². The first-order valence-electron chi connectivity index (χ1n) is 0.401. The Bertz CT molecular complexity index is 11.6. The van der Waals surface area contributed by atoms with Crippen molar-refractivity contribution in [2.75, 3.05) is 0 Å². The molecule has 0 rings (SSSR count). The Labute approximate surface area is 55.3 Å². The summed E-state index contributed by atoms with van der Waals surface area (Å²) in [4.78, 5) is 0. The molecule has 0 aliphatic carbocycles. The van der Waals surface area contributed by atoms with Gasteiger partial charge in [-0.25, -0.2) is 0 Å². The Morgan fingerprint density at radius 3 is 1.00 bits per heavy atom. The van der Waals surface area contributed by atoms with Crippen LogP contribution < -0.4 is 0 Å². The number of halogens is 3. The zero-order valence-corrected chi connectivity index (χ0v) is 2.59. The Kier molecular flexibility index (Phi) is 10.2. The molecule has 0 N–H and O–H groups in total. The Balaban J connectivity index is 0. The predicted octanol–water partition coefficient (Wildman–Crippen LogP) is 0.610. The third kappa shape index (κ3) is 33.9. The summed E-state index contributed by atoms with van der Waals surface area (Å²) in [5, 5.41) is 0. The van der Waals surface area contributed by atoms with Gasteiger partial charge in [-0.1, -0.05) is 0 Å². The molecule has 0 bridgehead atoms. The van der Waals surface area contributed by atoms with E-state index < -0.39 is 15.3 Å².